The van der Waals surface area contributed by atoms with Crippen molar-refractivity contribution in [2.24, 2.45) is 0 Å². The van der Waals surface area contributed by atoms with Crippen molar-refractivity contribution >= 4 is 10.9 Å². The van der Waals surface area contributed by atoms with Crippen LogP contribution in [0.5, 0.6) is 5.75 Å². The first-order valence-corrected chi connectivity index (χ1v) is 6.42. The van der Waals surface area contributed by atoms with Crippen molar-refractivity contribution in [2.45, 2.75) is 6.61 Å². The van der Waals surface area contributed by atoms with Gasteiger partial charge in [0.05, 0.1) is 17.3 Å². The van der Waals surface area contributed by atoms with Crippen molar-refractivity contribution in [3.8, 4) is 11.8 Å². The summed E-state index contributed by atoms with van der Waals surface area (Å²) in [6.45, 7) is 0.259. The lowest BCUT2D eigenvalue weighted by molar-refractivity contribution is 0.305. The van der Waals surface area contributed by atoms with E-state index in [-0.39, 0.29) is 12.2 Å². The predicted molar refractivity (Wildman–Crippen MR) is 77.2 cm³/mol. The summed E-state index contributed by atoms with van der Waals surface area (Å²) in [5.74, 6) is 0.116. The molecule has 0 saturated heterocycles. The average Bonchev–Trinajstić information content (AvgIpc) is 2.54. The van der Waals surface area contributed by atoms with Crippen molar-refractivity contribution in [3.05, 3.63) is 71.7 Å². The Balaban J connectivity index is 1.78. The highest BCUT2D eigenvalue weighted by atomic mass is 19.1. The lowest BCUT2D eigenvalue weighted by atomic mass is 10.1. The summed E-state index contributed by atoms with van der Waals surface area (Å²) in [6, 6.07) is 15.8. The Hall–Kier alpha value is -2.93. The zero-order valence-corrected chi connectivity index (χ0v) is 11.1. The molecule has 3 aromatic rings. The molecule has 21 heavy (non-hydrogen) atoms. The molecule has 3 nitrogen and oxygen atoms in total. The van der Waals surface area contributed by atoms with Crippen molar-refractivity contribution in [2.75, 3.05) is 0 Å². The summed E-state index contributed by atoms with van der Waals surface area (Å²) < 4.78 is 18.9. The van der Waals surface area contributed by atoms with Gasteiger partial charge >= 0.3 is 0 Å². The molecule has 0 bridgehead atoms. The van der Waals surface area contributed by atoms with Crippen LogP contribution in [0.25, 0.3) is 10.9 Å². The molecule has 3 rings (SSSR count). The number of pyridine rings is 1. The van der Waals surface area contributed by atoms with E-state index in [4.69, 9.17) is 10.00 Å². The summed E-state index contributed by atoms with van der Waals surface area (Å²) in [7, 11) is 0. The molecule has 0 amide bonds. The van der Waals surface area contributed by atoms with Gasteiger partial charge in [0.25, 0.3) is 0 Å². The minimum Gasteiger partial charge on any atom is -0.487 e. The minimum absolute atomic E-state index is 0.0211. The van der Waals surface area contributed by atoms with E-state index in [0.717, 1.165) is 16.5 Å². The molecule has 0 N–H and O–H groups in total. The molecule has 102 valence electrons. The fraction of sp³-hybridized carbons (Fsp3) is 0.0588. The van der Waals surface area contributed by atoms with Crippen LogP contribution in [-0.2, 0) is 6.61 Å². The van der Waals surface area contributed by atoms with Crippen LogP contribution in [0.3, 0.4) is 0 Å². The van der Waals surface area contributed by atoms with Gasteiger partial charge in [0.2, 0.25) is 0 Å². The van der Waals surface area contributed by atoms with Gasteiger partial charge < -0.3 is 4.74 Å². The van der Waals surface area contributed by atoms with Crippen molar-refractivity contribution in [1.82, 2.24) is 4.98 Å². The van der Waals surface area contributed by atoms with Crippen LogP contribution in [0.15, 0.2) is 54.7 Å². The Morgan fingerprint density at radius 1 is 1.14 bits per heavy atom. The van der Waals surface area contributed by atoms with E-state index in [2.05, 4.69) is 4.98 Å². The first kappa shape index (κ1) is 13.1. The highest BCUT2D eigenvalue weighted by Gasteiger charge is 2.04. The van der Waals surface area contributed by atoms with E-state index < -0.39 is 5.82 Å². The quantitative estimate of drug-likeness (QED) is 0.731. The normalized spacial score (nSPS) is 10.3. The van der Waals surface area contributed by atoms with E-state index in [0.29, 0.717) is 5.75 Å². The number of benzene rings is 2. The topological polar surface area (TPSA) is 45.9 Å². The molecule has 1 heterocycles. The third-order valence-corrected chi connectivity index (χ3v) is 3.12. The van der Waals surface area contributed by atoms with Gasteiger partial charge in [-0.15, -0.1) is 0 Å². The van der Waals surface area contributed by atoms with E-state index in [1.807, 2.05) is 36.4 Å². The standard InChI is InChI=1S/C17H11FN2O/c18-16-6-5-12(7-14(16)9-19)11-21-15-8-13-3-1-2-4-17(13)20-10-15/h1-8,10H,11H2. The molecule has 1 aromatic heterocycles. The van der Waals surface area contributed by atoms with E-state index in [1.54, 1.807) is 12.3 Å². The molecule has 4 heteroatoms. The second kappa shape index (κ2) is 5.59. The molecule has 0 atom stereocenters. The lowest BCUT2D eigenvalue weighted by Gasteiger charge is -2.07. The number of para-hydroxylation sites is 1. The van der Waals surface area contributed by atoms with Gasteiger partial charge in [0, 0.05) is 5.39 Å². The number of fused-ring (bicyclic) bond motifs is 1. The maximum absolute atomic E-state index is 13.2. The third kappa shape index (κ3) is 2.82. The van der Waals surface area contributed by atoms with E-state index in [9.17, 15) is 4.39 Å². The first-order valence-electron chi connectivity index (χ1n) is 6.42. The fourth-order valence-corrected chi connectivity index (χ4v) is 2.04. The summed E-state index contributed by atoms with van der Waals surface area (Å²) in [4.78, 5) is 4.30. The molecule has 0 aliphatic heterocycles. The average molecular weight is 278 g/mol. The maximum atomic E-state index is 13.2. The second-order valence-corrected chi connectivity index (χ2v) is 4.58. The molecule has 0 aliphatic carbocycles. The number of aromatic nitrogens is 1. The Morgan fingerprint density at radius 3 is 2.86 bits per heavy atom. The second-order valence-electron chi connectivity index (χ2n) is 4.58. The zero-order valence-electron chi connectivity index (χ0n) is 11.1. The zero-order chi connectivity index (χ0) is 14.7. The lowest BCUT2D eigenvalue weighted by Crippen LogP contribution is -1.97. The Bertz CT molecular complexity index is 840. The number of hydrogen-bond acceptors (Lipinski definition) is 3. The van der Waals surface area contributed by atoms with Crippen molar-refractivity contribution in [3.63, 3.8) is 0 Å². The summed E-state index contributed by atoms with van der Waals surface area (Å²) in [6.07, 6.45) is 1.65. The molecular formula is C17H11FN2O. The van der Waals surface area contributed by atoms with E-state index >= 15 is 0 Å². The number of nitrogens with zero attached hydrogens (tertiary/aromatic N) is 2. The van der Waals surface area contributed by atoms with E-state index in [1.165, 1.54) is 12.1 Å². The van der Waals surface area contributed by atoms with Gasteiger partial charge in [-0.05, 0) is 29.8 Å². The smallest absolute Gasteiger partial charge is 0.140 e. The maximum Gasteiger partial charge on any atom is 0.140 e. The highest BCUT2D eigenvalue weighted by Crippen LogP contribution is 2.19. The van der Waals surface area contributed by atoms with Gasteiger partial charge in [-0.3, -0.25) is 4.98 Å². The van der Waals surface area contributed by atoms with Gasteiger partial charge in [-0.25, -0.2) is 4.39 Å². The van der Waals surface area contributed by atoms with Gasteiger partial charge in [0.1, 0.15) is 24.2 Å². The van der Waals surface area contributed by atoms with Gasteiger partial charge in [-0.1, -0.05) is 24.3 Å². The molecule has 0 saturated carbocycles. The van der Waals surface area contributed by atoms with Crippen molar-refractivity contribution in [1.29, 1.82) is 5.26 Å². The summed E-state index contributed by atoms with van der Waals surface area (Å²) in [5, 5.41) is 9.80. The molecule has 0 unspecified atom stereocenters. The SMILES string of the molecule is N#Cc1cc(COc2cnc3ccccc3c2)ccc1F. The van der Waals surface area contributed by atoms with Crippen LogP contribution in [-0.4, -0.2) is 4.98 Å². The molecule has 0 fully saturated rings. The summed E-state index contributed by atoms with van der Waals surface area (Å²) in [5.41, 5.74) is 1.66. The number of rotatable bonds is 3. The molecule has 0 aliphatic rings. The number of hydrogen-bond donors (Lipinski definition) is 0. The Morgan fingerprint density at radius 2 is 2.00 bits per heavy atom. The van der Waals surface area contributed by atoms with Crippen LogP contribution in [0, 0.1) is 17.1 Å². The van der Waals surface area contributed by atoms with Crippen LogP contribution < -0.4 is 4.74 Å². The van der Waals surface area contributed by atoms with Gasteiger partial charge in [0.15, 0.2) is 0 Å². The number of nitriles is 1. The Labute approximate surface area is 121 Å². The fourth-order valence-electron chi connectivity index (χ4n) is 2.04. The highest BCUT2D eigenvalue weighted by molar-refractivity contribution is 5.79. The number of ether oxygens (including phenoxy) is 1. The van der Waals surface area contributed by atoms with Gasteiger partial charge in [-0.2, -0.15) is 5.26 Å². The first-order chi connectivity index (χ1) is 10.3. The van der Waals surface area contributed by atoms with Crippen molar-refractivity contribution < 1.29 is 9.13 Å². The molecular weight excluding hydrogens is 267 g/mol. The molecule has 0 spiro atoms. The third-order valence-electron chi connectivity index (χ3n) is 3.12. The monoisotopic (exact) mass is 278 g/mol. The van der Waals surface area contributed by atoms with Crippen LogP contribution in [0.1, 0.15) is 11.1 Å². The molecule has 0 radical (unpaired) electrons. The minimum atomic E-state index is -0.520. The van der Waals surface area contributed by atoms with Crippen LogP contribution in [0.4, 0.5) is 4.39 Å². The van der Waals surface area contributed by atoms with Crippen LogP contribution >= 0.6 is 0 Å². The Kier molecular flexibility index (Phi) is 3.48. The largest absolute Gasteiger partial charge is 0.487 e. The summed E-state index contributed by atoms with van der Waals surface area (Å²) >= 11 is 0. The van der Waals surface area contributed by atoms with Crippen LogP contribution in [0.2, 0.25) is 0 Å². The number of halogens is 1. The molecule has 2 aromatic carbocycles. The predicted octanol–water partition coefficient (Wildman–Crippen LogP) is 3.82.